The molecule has 0 bridgehead atoms. The first-order valence-electron chi connectivity index (χ1n) is 7.11. The summed E-state index contributed by atoms with van der Waals surface area (Å²) in [7, 11) is 0. The van der Waals surface area contributed by atoms with Crippen molar-refractivity contribution < 1.29 is 4.74 Å². The number of fused-ring (bicyclic) bond motifs is 1. The topological polar surface area (TPSA) is 38.5 Å². The quantitative estimate of drug-likeness (QED) is 0.867. The molecule has 1 unspecified atom stereocenters. The Balaban J connectivity index is 1.90. The van der Waals surface area contributed by atoms with Gasteiger partial charge in [0, 0.05) is 18.3 Å². The molecular formula is C17H20N2O. The van der Waals surface area contributed by atoms with Gasteiger partial charge in [0.25, 0.3) is 0 Å². The van der Waals surface area contributed by atoms with Gasteiger partial charge in [0.05, 0.1) is 12.2 Å². The monoisotopic (exact) mass is 268 g/mol. The van der Waals surface area contributed by atoms with Crippen LogP contribution in [0.5, 0.6) is 5.75 Å². The molecule has 0 amide bonds. The Labute approximate surface area is 120 Å². The molecule has 1 aliphatic rings. The molecule has 2 aromatic rings. The first-order chi connectivity index (χ1) is 9.76. The minimum atomic E-state index is 0.230. The van der Waals surface area contributed by atoms with E-state index in [0.29, 0.717) is 0 Å². The molecule has 0 fully saturated rings. The highest BCUT2D eigenvalue weighted by Crippen LogP contribution is 2.36. The average Bonchev–Trinajstić information content (AvgIpc) is 2.47. The van der Waals surface area contributed by atoms with Crippen LogP contribution in [0.25, 0.3) is 0 Å². The Bertz CT molecular complexity index is 583. The van der Waals surface area contributed by atoms with Gasteiger partial charge in [-0.25, -0.2) is 0 Å². The van der Waals surface area contributed by atoms with Gasteiger partial charge in [0.15, 0.2) is 0 Å². The van der Waals surface area contributed by atoms with Crippen LogP contribution in [0.1, 0.15) is 18.9 Å². The molecule has 20 heavy (non-hydrogen) atoms. The molecule has 1 atom stereocenters. The molecule has 3 nitrogen and oxygen atoms in total. The maximum absolute atomic E-state index is 6.01. The summed E-state index contributed by atoms with van der Waals surface area (Å²) in [6.07, 6.45) is 1.23. The van der Waals surface area contributed by atoms with Gasteiger partial charge in [-0.2, -0.15) is 0 Å². The van der Waals surface area contributed by atoms with E-state index in [2.05, 4.69) is 42.2 Å². The summed E-state index contributed by atoms with van der Waals surface area (Å²) < 4.78 is 6.01. The highest BCUT2D eigenvalue weighted by Gasteiger charge is 2.24. The van der Waals surface area contributed by atoms with Gasteiger partial charge in [0.1, 0.15) is 11.9 Å². The highest BCUT2D eigenvalue weighted by molar-refractivity contribution is 5.65. The Kier molecular flexibility index (Phi) is 3.50. The van der Waals surface area contributed by atoms with Gasteiger partial charge in [-0.3, -0.25) is 0 Å². The molecule has 1 heterocycles. The van der Waals surface area contributed by atoms with Crippen LogP contribution in [-0.4, -0.2) is 12.6 Å². The smallest absolute Gasteiger partial charge is 0.145 e. The lowest BCUT2D eigenvalue weighted by molar-refractivity contribution is 0.189. The van der Waals surface area contributed by atoms with Gasteiger partial charge >= 0.3 is 0 Å². The van der Waals surface area contributed by atoms with Crippen LogP contribution < -0.4 is 15.4 Å². The van der Waals surface area contributed by atoms with E-state index in [1.165, 1.54) is 5.56 Å². The number of nitrogens with two attached hydrogens (primary N) is 1. The van der Waals surface area contributed by atoms with Gasteiger partial charge in [-0.05, 0) is 24.1 Å². The summed E-state index contributed by atoms with van der Waals surface area (Å²) in [6, 6.07) is 16.4. The standard InChI is InChI=1S/C17H20N2O/c1-2-15-12-19(11-13-6-4-3-5-7-13)16-9-8-14(18)10-17(16)20-15/h3-10,15H,2,11-12,18H2,1H3. The summed E-state index contributed by atoms with van der Waals surface area (Å²) in [5.41, 5.74) is 9.06. The molecule has 3 rings (SSSR count). The second kappa shape index (κ2) is 5.45. The number of benzene rings is 2. The van der Waals surface area contributed by atoms with Crippen LogP contribution >= 0.6 is 0 Å². The first kappa shape index (κ1) is 12.9. The Morgan fingerprint density at radius 2 is 2.00 bits per heavy atom. The third-order valence-corrected chi connectivity index (χ3v) is 3.71. The number of hydrogen-bond donors (Lipinski definition) is 1. The molecule has 3 heteroatoms. The number of nitrogens with zero attached hydrogens (tertiary/aromatic N) is 1. The molecule has 0 saturated heterocycles. The SMILES string of the molecule is CCC1CN(Cc2ccccc2)c2ccc(N)cc2O1. The molecule has 0 aromatic heterocycles. The lowest BCUT2D eigenvalue weighted by Crippen LogP contribution is -2.39. The Morgan fingerprint density at radius 3 is 2.75 bits per heavy atom. The highest BCUT2D eigenvalue weighted by atomic mass is 16.5. The van der Waals surface area contributed by atoms with Crippen molar-refractivity contribution in [2.45, 2.75) is 26.0 Å². The Morgan fingerprint density at radius 1 is 1.20 bits per heavy atom. The predicted molar refractivity (Wildman–Crippen MR) is 83.1 cm³/mol. The third-order valence-electron chi connectivity index (χ3n) is 3.71. The van der Waals surface area contributed by atoms with Crippen molar-refractivity contribution in [2.24, 2.45) is 0 Å². The van der Waals surface area contributed by atoms with Crippen molar-refractivity contribution in [1.29, 1.82) is 0 Å². The van der Waals surface area contributed by atoms with E-state index in [1.54, 1.807) is 0 Å². The lowest BCUT2D eigenvalue weighted by Gasteiger charge is -2.36. The number of nitrogen functional groups attached to an aromatic ring is 1. The van der Waals surface area contributed by atoms with Crippen LogP contribution in [0.2, 0.25) is 0 Å². The summed E-state index contributed by atoms with van der Waals surface area (Å²) in [5, 5.41) is 0. The number of rotatable bonds is 3. The van der Waals surface area contributed by atoms with Crippen LogP contribution in [0.3, 0.4) is 0 Å². The van der Waals surface area contributed by atoms with Crippen LogP contribution in [0.4, 0.5) is 11.4 Å². The summed E-state index contributed by atoms with van der Waals surface area (Å²) in [5.74, 6) is 0.902. The predicted octanol–water partition coefficient (Wildman–Crippen LogP) is 3.45. The van der Waals surface area contributed by atoms with Crippen LogP contribution in [0.15, 0.2) is 48.5 Å². The largest absolute Gasteiger partial charge is 0.486 e. The Hall–Kier alpha value is -2.16. The molecule has 104 valence electrons. The molecule has 0 spiro atoms. The zero-order valence-corrected chi connectivity index (χ0v) is 11.8. The maximum atomic E-state index is 6.01. The van der Waals surface area contributed by atoms with Gasteiger partial charge in [-0.15, -0.1) is 0 Å². The molecular weight excluding hydrogens is 248 g/mol. The van der Waals surface area contributed by atoms with Gasteiger partial charge in [-0.1, -0.05) is 37.3 Å². The van der Waals surface area contributed by atoms with E-state index in [0.717, 1.165) is 36.6 Å². The minimum Gasteiger partial charge on any atom is -0.486 e. The average molecular weight is 268 g/mol. The van der Waals surface area contributed by atoms with E-state index in [1.807, 2.05) is 18.2 Å². The number of ether oxygens (including phenoxy) is 1. The summed E-state index contributed by atoms with van der Waals surface area (Å²) >= 11 is 0. The van der Waals surface area contributed by atoms with E-state index in [4.69, 9.17) is 10.5 Å². The van der Waals surface area contributed by atoms with Crippen molar-refractivity contribution >= 4 is 11.4 Å². The number of anilines is 2. The van der Waals surface area contributed by atoms with Crippen molar-refractivity contribution in [2.75, 3.05) is 17.2 Å². The summed E-state index contributed by atoms with van der Waals surface area (Å²) in [6.45, 7) is 3.97. The molecule has 2 aromatic carbocycles. The van der Waals surface area contributed by atoms with Gasteiger partial charge < -0.3 is 15.4 Å². The molecule has 1 aliphatic heterocycles. The van der Waals surface area contributed by atoms with Crippen LogP contribution in [-0.2, 0) is 6.54 Å². The number of hydrogen-bond acceptors (Lipinski definition) is 3. The zero-order valence-electron chi connectivity index (χ0n) is 11.8. The minimum absolute atomic E-state index is 0.230. The fraction of sp³-hybridized carbons (Fsp3) is 0.294. The normalized spacial score (nSPS) is 17.4. The third kappa shape index (κ3) is 2.57. The fourth-order valence-corrected chi connectivity index (χ4v) is 2.61. The zero-order chi connectivity index (χ0) is 13.9. The van der Waals surface area contributed by atoms with Crippen molar-refractivity contribution in [3.63, 3.8) is 0 Å². The summed E-state index contributed by atoms with van der Waals surface area (Å²) in [4.78, 5) is 2.38. The van der Waals surface area contributed by atoms with E-state index < -0.39 is 0 Å². The first-order valence-corrected chi connectivity index (χ1v) is 7.11. The second-order valence-electron chi connectivity index (χ2n) is 5.24. The van der Waals surface area contributed by atoms with Crippen molar-refractivity contribution in [3.05, 3.63) is 54.1 Å². The fourth-order valence-electron chi connectivity index (χ4n) is 2.61. The second-order valence-corrected chi connectivity index (χ2v) is 5.24. The molecule has 0 aliphatic carbocycles. The lowest BCUT2D eigenvalue weighted by atomic mass is 10.1. The van der Waals surface area contributed by atoms with Crippen molar-refractivity contribution in [3.8, 4) is 5.75 Å². The van der Waals surface area contributed by atoms with E-state index in [-0.39, 0.29) is 6.10 Å². The molecule has 0 saturated carbocycles. The van der Waals surface area contributed by atoms with E-state index >= 15 is 0 Å². The van der Waals surface area contributed by atoms with Crippen LogP contribution in [0, 0.1) is 0 Å². The maximum Gasteiger partial charge on any atom is 0.145 e. The molecule has 0 radical (unpaired) electrons. The molecule has 2 N–H and O–H groups in total. The van der Waals surface area contributed by atoms with E-state index in [9.17, 15) is 0 Å². The van der Waals surface area contributed by atoms with Crippen molar-refractivity contribution in [1.82, 2.24) is 0 Å². The van der Waals surface area contributed by atoms with Gasteiger partial charge in [0.2, 0.25) is 0 Å².